The van der Waals surface area contributed by atoms with Crippen LogP contribution in [0.25, 0.3) is 0 Å². The van der Waals surface area contributed by atoms with E-state index < -0.39 is 29.5 Å². The Morgan fingerprint density at radius 2 is 1.73 bits per heavy atom. The monoisotopic (exact) mass is 160 g/mol. The molecule has 1 aliphatic rings. The van der Waals surface area contributed by atoms with Gasteiger partial charge in [-0.3, -0.25) is 4.79 Å². The quantitative estimate of drug-likeness (QED) is 0.364. The van der Waals surface area contributed by atoms with Crippen LogP contribution < -0.4 is 0 Å². The molecule has 11 heavy (non-hydrogen) atoms. The third-order valence-corrected chi connectivity index (χ3v) is 1.54. The lowest BCUT2D eigenvalue weighted by atomic mass is 9.98. The van der Waals surface area contributed by atoms with Crippen LogP contribution in [0, 0.1) is 0 Å². The first-order chi connectivity index (χ1) is 5.04. The molecule has 5 nitrogen and oxygen atoms in total. The summed E-state index contributed by atoms with van der Waals surface area (Å²) in [5.74, 6) is -2.66. The van der Waals surface area contributed by atoms with Gasteiger partial charge in [0.05, 0.1) is 0 Å². The Labute approximate surface area is 62.2 Å². The molecular weight excluding hydrogens is 152 g/mol. The Balaban J connectivity index is 2.98. The first kappa shape index (κ1) is 8.03. The van der Waals surface area contributed by atoms with Gasteiger partial charge in [0, 0.05) is 6.42 Å². The molecule has 0 bridgehead atoms. The van der Waals surface area contributed by atoms with Gasteiger partial charge in [-0.15, -0.1) is 0 Å². The van der Waals surface area contributed by atoms with Crippen LogP contribution in [0.15, 0.2) is 11.5 Å². The molecule has 0 amide bonds. The van der Waals surface area contributed by atoms with Crippen LogP contribution >= 0.6 is 0 Å². The third-order valence-electron chi connectivity index (χ3n) is 1.54. The molecule has 0 aromatic heterocycles. The maximum Gasteiger partial charge on any atom is 0.229 e. The van der Waals surface area contributed by atoms with Gasteiger partial charge in [-0.25, -0.2) is 0 Å². The second-order valence-corrected chi connectivity index (χ2v) is 2.37. The molecular formula is C6H8O5. The summed E-state index contributed by atoms with van der Waals surface area (Å²) in [6, 6.07) is 0. The molecule has 0 aromatic rings. The number of ketones is 1. The minimum atomic E-state index is -1.42. The highest BCUT2D eigenvalue weighted by Crippen LogP contribution is 2.18. The summed E-state index contributed by atoms with van der Waals surface area (Å²) in [7, 11) is 0. The lowest BCUT2D eigenvalue weighted by molar-refractivity contribution is -0.129. The van der Waals surface area contributed by atoms with Crippen molar-refractivity contribution in [3.05, 3.63) is 11.5 Å². The molecule has 0 heterocycles. The molecule has 1 rings (SSSR count). The Morgan fingerprint density at radius 1 is 1.18 bits per heavy atom. The third kappa shape index (κ3) is 1.20. The van der Waals surface area contributed by atoms with Crippen molar-refractivity contribution in [3.8, 4) is 0 Å². The van der Waals surface area contributed by atoms with Gasteiger partial charge in [-0.05, 0) is 0 Å². The van der Waals surface area contributed by atoms with Gasteiger partial charge < -0.3 is 20.4 Å². The van der Waals surface area contributed by atoms with E-state index in [2.05, 4.69) is 0 Å². The van der Waals surface area contributed by atoms with E-state index in [-0.39, 0.29) is 6.42 Å². The van der Waals surface area contributed by atoms with Crippen molar-refractivity contribution in [1.82, 2.24) is 0 Å². The van der Waals surface area contributed by atoms with Crippen LogP contribution in [0.5, 0.6) is 0 Å². The summed E-state index contributed by atoms with van der Waals surface area (Å²) in [6.45, 7) is 0. The predicted molar refractivity (Wildman–Crippen MR) is 33.9 cm³/mol. The van der Waals surface area contributed by atoms with Crippen molar-refractivity contribution in [2.75, 3.05) is 0 Å². The van der Waals surface area contributed by atoms with E-state index in [0.29, 0.717) is 0 Å². The van der Waals surface area contributed by atoms with Crippen LogP contribution in [-0.2, 0) is 4.79 Å². The van der Waals surface area contributed by atoms with E-state index >= 15 is 0 Å². The molecule has 5 heteroatoms. The summed E-state index contributed by atoms with van der Waals surface area (Å²) >= 11 is 0. The second-order valence-electron chi connectivity index (χ2n) is 2.37. The molecule has 0 saturated heterocycles. The summed E-state index contributed by atoms with van der Waals surface area (Å²) < 4.78 is 0. The highest BCUT2D eigenvalue weighted by atomic mass is 16.4. The average Bonchev–Trinajstić information content (AvgIpc) is 1.97. The Bertz CT molecular complexity index is 219. The molecule has 0 radical (unpaired) electrons. The van der Waals surface area contributed by atoms with Crippen LogP contribution in [0.3, 0.4) is 0 Å². The van der Waals surface area contributed by atoms with Gasteiger partial charge in [0.2, 0.25) is 11.5 Å². The highest BCUT2D eigenvalue weighted by Gasteiger charge is 2.33. The van der Waals surface area contributed by atoms with Crippen LogP contribution in [0.2, 0.25) is 0 Å². The van der Waals surface area contributed by atoms with Crippen molar-refractivity contribution in [2.24, 2.45) is 0 Å². The van der Waals surface area contributed by atoms with Crippen molar-refractivity contribution >= 4 is 5.78 Å². The normalized spacial score (nSPS) is 32.7. The van der Waals surface area contributed by atoms with Crippen LogP contribution in [0.1, 0.15) is 6.42 Å². The topological polar surface area (TPSA) is 98.0 Å². The fourth-order valence-electron chi connectivity index (χ4n) is 0.872. The van der Waals surface area contributed by atoms with Crippen molar-refractivity contribution in [1.29, 1.82) is 0 Å². The zero-order valence-corrected chi connectivity index (χ0v) is 5.56. The molecule has 0 saturated carbocycles. The van der Waals surface area contributed by atoms with Crippen LogP contribution in [-0.4, -0.2) is 38.4 Å². The summed E-state index contributed by atoms with van der Waals surface area (Å²) in [4.78, 5) is 10.7. The van der Waals surface area contributed by atoms with Gasteiger partial charge in [-0.1, -0.05) is 0 Å². The molecule has 1 aliphatic carbocycles. The molecule has 0 fully saturated rings. The van der Waals surface area contributed by atoms with Crippen molar-refractivity contribution in [3.63, 3.8) is 0 Å². The lowest BCUT2D eigenvalue weighted by Crippen LogP contribution is -2.35. The van der Waals surface area contributed by atoms with Gasteiger partial charge in [0.25, 0.3) is 0 Å². The first-order valence-electron chi connectivity index (χ1n) is 3.06. The number of rotatable bonds is 0. The SMILES string of the molecule is O=C1C(O)=C(O)[C@H](O)CC1O. The largest absolute Gasteiger partial charge is 0.506 e. The fourth-order valence-corrected chi connectivity index (χ4v) is 0.872. The molecule has 0 aromatic carbocycles. The van der Waals surface area contributed by atoms with E-state index in [1.165, 1.54) is 0 Å². The molecule has 2 atom stereocenters. The smallest absolute Gasteiger partial charge is 0.229 e. The number of hydrogen-bond donors (Lipinski definition) is 4. The van der Waals surface area contributed by atoms with E-state index in [4.69, 9.17) is 20.4 Å². The van der Waals surface area contributed by atoms with E-state index in [1.54, 1.807) is 0 Å². The van der Waals surface area contributed by atoms with Crippen molar-refractivity contribution in [2.45, 2.75) is 18.6 Å². The number of Topliss-reactive ketones (excluding diaryl/α,β-unsaturated/α-hetero) is 1. The number of aliphatic hydroxyl groups excluding tert-OH is 4. The number of carbonyl (C=O) groups excluding carboxylic acids is 1. The van der Waals surface area contributed by atoms with Gasteiger partial charge >= 0.3 is 0 Å². The Morgan fingerprint density at radius 3 is 2.27 bits per heavy atom. The van der Waals surface area contributed by atoms with Gasteiger partial charge in [-0.2, -0.15) is 0 Å². The fraction of sp³-hybridized carbons (Fsp3) is 0.500. The van der Waals surface area contributed by atoms with E-state index in [1.807, 2.05) is 0 Å². The molecule has 62 valence electrons. The zero-order valence-electron chi connectivity index (χ0n) is 5.56. The summed E-state index contributed by atoms with van der Waals surface area (Å²) in [6.07, 6.45) is -3.03. The van der Waals surface area contributed by atoms with Crippen molar-refractivity contribution < 1.29 is 25.2 Å². The average molecular weight is 160 g/mol. The van der Waals surface area contributed by atoms with E-state index in [0.717, 1.165) is 0 Å². The Hall–Kier alpha value is -1.07. The van der Waals surface area contributed by atoms with Gasteiger partial charge in [0.1, 0.15) is 12.2 Å². The number of hydrogen-bond acceptors (Lipinski definition) is 5. The lowest BCUT2D eigenvalue weighted by Gasteiger charge is -2.20. The zero-order chi connectivity index (χ0) is 8.59. The van der Waals surface area contributed by atoms with Gasteiger partial charge in [0.15, 0.2) is 5.76 Å². The molecule has 0 spiro atoms. The predicted octanol–water partition coefficient (Wildman–Crippen LogP) is -0.991. The second kappa shape index (κ2) is 2.52. The highest BCUT2D eigenvalue weighted by molar-refractivity contribution is 5.97. The maximum absolute atomic E-state index is 10.7. The van der Waals surface area contributed by atoms with E-state index in [9.17, 15) is 4.79 Å². The molecule has 1 unspecified atom stereocenters. The standard InChI is InChI=1S/C6H8O5/c7-2-1-3(8)5(10)6(11)4(2)9/h2-3,7-9,11H,1H2/t2-,3?/m1/s1. The molecule has 0 aliphatic heterocycles. The minimum Gasteiger partial charge on any atom is -0.506 e. The number of carbonyl (C=O) groups is 1. The molecule has 4 N–H and O–H groups in total. The van der Waals surface area contributed by atoms with Crippen LogP contribution in [0.4, 0.5) is 0 Å². The number of aliphatic hydroxyl groups is 4. The summed E-state index contributed by atoms with van der Waals surface area (Å²) in [5.41, 5.74) is 0. The maximum atomic E-state index is 10.7. The first-order valence-corrected chi connectivity index (χ1v) is 3.06. The minimum absolute atomic E-state index is 0.269. The summed E-state index contributed by atoms with van der Waals surface area (Å²) in [5, 5.41) is 35.2. The Kier molecular flexibility index (Phi) is 1.84.